The molecule has 1 aliphatic carbocycles. The molecule has 0 aromatic carbocycles. The molecule has 0 aromatic heterocycles. The van der Waals surface area contributed by atoms with Crippen molar-refractivity contribution in [3.05, 3.63) is 0 Å². The molecule has 1 N–H and O–H groups in total. The minimum Gasteiger partial charge on any atom is -0.481 e. The molecule has 1 saturated carbocycles. The summed E-state index contributed by atoms with van der Waals surface area (Å²) in [5.74, 6) is -2.07. The molecular weight excluding hydrogens is 270 g/mol. The van der Waals surface area contributed by atoms with Gasteiger partial charge >= 0.3 is 5.97 Å². The van der Waals surface area contributed by atoms with Crippen molar-refractivity contribution in [1.82, 2.24) is 4.90 Å². The average molecular weight is 289 g/mol. The quantitative estimate of drug-likeness (QED) is 0.780. The molecule has 6 nitrogen and oxygen atoms in total. The maximum atomic E-state index is 12.3. The van der Waals surface area contributed by atoms with Gasteiger partial charge in [-0.25, -0.2) is 8.42 Å². The number of carboxylic acid groups (broad SMARTS) is 1. The largest absolute Gasteiger partial charge is 0.481 e. The molecule has 1 aliphatic heterocycles. The number of amides is 1. The van der Waals surface area contributed by atoms with E-state index >= 15 is 0 Å². The normalized spacial score (nSPS) is 30.8. The van der Waals surface area contributed by atoms with Crippen molar-refractivity contribution in [2.45, 2.75) is 25.7 Å². The van der Waals surface area contributed by atoms with E-state index in [0.29, 0.717) is 25.8 Å². The van der Waals surface area contributed by atoms with Crippen LogP contribution in [0, 0.1) is 11.8 Å². The number of aliphatic carboxylic acids is 1. The molecule has 0 radical (unpaired) electrons. The van der Waals surface area contributed by atoms with Crippen molar-refractivity contribution in [2.75, 3.05) is 24.6 Å². The first-order valence-corrected chi connectivity index (χ1v) is 8.45. The second-order valence-corrected chi connectivity index (χ2v) is 7.62. The van der Waals surface area contributed by atoms with Crippen LogP contribution in [0.5, 0.6) is 0 Å². The van der Waals surface area contributed by atoms with Crippen LogP contribution in [0.25, 0.3) is 0 Å². The lowest BCUT2D eigenvalue weighted by molar-refractivity contribution is -0.149. The topological polar surface area (TPSA) is 91.8 Å². The Hall–Kier alpha value is -1.11. The zero-order chi connectivity index (χ0) is 14.0. The van der Waals surface area contributed by atoms with Crippen molar-refractivity contribution >= 4 is 21.7 Å². The molecule has 1 saturated heterocycles. The maximum absolute atomic E-state index is 12.3. The summed E-state index contributed by atoms with van der Waals surface area (Å²) in [7, 11) is -3.05. The highest BCUT2D eigenvalue weighted by Crippen LogP contribution is 2.33. The smallest absolute Gasteiger partial charge is 0.307 e. The van der Waals surface area contributed by atoms with E-state index in [1.54, 1.807) is 0 Å². The first kappa shape index (κ1) is 14.3. The van der Waals surface area contributed by atoms with E-state index < -0.39 is 27.6 Å². The highest BCUT2D eigenvalue weighted by Gasteiger charge is 2.40. The molecule has 2 rings (SSSR count). The van der Waals surface area contributed by atoms with Crippen molar-refractivity contribution < 1.29 is 23.1 Å². The van der Waals surface area contributed by atoms with Gasteiger partial charge < -0.3 is 10.0 Å². The summed E-state index contributed by atoms with van der Waals surface area (Å²) >= 11 is 0. The zero-order valence-electron chi connectivity index (χ0n) is 10.7. The molecule has 7 heteroatoms. The van der Waals surface area contributed by atoms with Gasteiger partial charge in [-0.15, -0.1) is 0 Å². The van der Waals surface area contributed by atoms with Gasteiger partial charge in [-0.3, -0.25) is 9.59 Å². The molecule has 108 valence electrons. The number of carbonyl (C=O) groups is 2. The van der Waals surface area contributed by atoms with Crippen molar-refractivity contribution in [1.29, 1.82) is 0 Å². The molecule has 0 aromatic rings. The predicted octanol–water partition coefficient (Wildman–Crippen LogP) is 0.134. The zero-order valence-corrected chi connectivity index (χ0v) is 11.6. The van der Waals surface area contributed by atoms with Crippen molar-refractivity contribution in [2.24, 2.45) is 11.8 Å². The van der Waals surface area contributed by atoms with Gasteiger partial charge in [-0.1, -0.05) is 6.42 Å². The Morgan fingerprint density at radius 3 is 2.37 bits per heavy atom. The Morgan fingerprint density at radius 2 is 1.68 bits per heavy atom. The van der Waals surface area contributed by atoms with E-state index in [2.05, 4.69) is 0 Å². The van der Waals surface area contributed by atoms with Crippen LogP contribution in [-0.4, -0.2) is 54.9 Å². The second-order valence-electron chi connectivity index (χ2n) is 5.31. The minimum absolute atomic E-state index is 0.0107. The van der Waals surface area contributed by atoms with E-state index in [1.807, 2.05) is 0 Å². The van der Waals surface area contributed by atoms with Gasteiger partial charge in [0.05, 0.1) is 23.3 Å². The molecule has 19 heavy (non-hydrogen) atoms. The van der Waals surface area contributed by atoms with Crippen molar-refractivity contribution in [3.8, 4) is 0 Å². The van der Waals surface area contributed by atoms with E-state index in [1.165, 1.54) is 4.90 Å². The van der Waals surface area contributed by atoms with Crippen LogP contribution in [0.1, 0.15) is 25.7 Å². The standard InChI is InChI=1S/C12H19NO5S/c14-11(9-3-1-4-10(9)12(15)16)13-5-2-7-19(17,18)8-6-13/h9-10H,1-8H2,(H,15,16). The van der Waals surface area contributed by atoms with Crippen LogP contribution < -0.4 is 0 Å². The number of carboxylic acids is 1. The summed E-state index contributed by atoms with van der Waals surface area (Å²) in [6, 6.07) is 0. The molecular formula is C12H19NO5S. The van der Waals surface area contributed by atoms with Crippen LogP contribution in [0.4, 0.5) is 0 Å². The van der Waals surface area contributed by atoms with Crippen LogP contribution in [-0.2, 0) is 19.4 Å². The highest BCUT2D eigenvalue weighted by molar-refractivity contribution is 7.91. The summed E-state index contributed by atoms with van der Waals surface area (Å²) in [5, 5.41) is 9.10. The molecule has 2 aliphatic rings. The number of carbonyl (C=O) groups excluding carboxylic acids is 1. The summed E-state index contributed by atoms with van der Waals surface area (Å²) in [6.07, 6.45) is 2.33. The molecule has 1 heterocycles. The van der Waals surface area contributed by atoms with E-state index in [-0.39, 0.29) is 24.0 Å². The second kappa shape index (κ2) is 5.48. The fraction of sp³-hybridized carbons (Fsp3) is 0.833. The van der Waals surface area contributed by atoms with Gasteiger partial charge in [0, 0.05) is 13.1 Å². The molecule has 2 fully saturated rings. The van der Waals surface area contributed by atoms with Crippen LogP contribution in [0.15, 0.2) is 0 Å². The summed E-state index contributed by atoms with van der Waals surface area (Å²) in [5.41, 5.74) is 0. The third kappa shape index (κ3) is 3.26. The number of hydrogen-bond donors (Lipinski definition) is 1. The van der Waals surface area contributed by atoms with E-state index in [4.69, 9.17) is 5.11 Å². The number of sulfone groups is 1. The molecule has 2 atom stereocenters. The number of rotatable bonds is 2. The third-order valence-corrected chi connectivity index (χ3v) is 5.73. The monoisotopic (exact) mass is 289 g/mol. The first-order chi connectivity index (χ1) is 8.91. The van der Waals surface area contributed by atoms with Crippen LogP contribution >= 0.6 is 0 Å². The minimum atomic E-state index is -3.05. The highest BCUT2D eigenvalue weighted by atomic mass is 32.2. The number of hydrogen-bond acceptors (Lipinski definition) is 4. The van der Waals surface area contributed by atoms with Gasteiger partial charge in [-0.05, 0) is 19.3 Å². The van der Waals surface area contributed by atoms with Gasteiger partial charge in [0.15, 0.2) is 9.84 Å². The molecule has 2 unspecified atom stereocenters. The van der Waals surface area contributed by atoms with Gasteiger partial charge in [-0.2, -0.15) is 0 Å². The number of nitrogens with zero attached hydrogens (tertiary/aromatic N) is 1. The summed E-state index contributed by atoms with van der Waals surface area (Å²) in [4.78, 5) is 25.0. The lowest BCUT2D eigenvalue weighted by Gasteiger charge is -2.25. The van der Waals surface area contributed by atoms with Crippen LogP contribution in [0.2, 0.25) is 0 Å². The van der Waals surface area contributed by atoms with Gasteiger partial charge in [0.25, 0.3) is 0 Å². The SMILES string of the molecule is O=C(O)C1CCCC1C(=O)N1CCCS(=O)(=O)CC1. The maximum Gasteiger partial charge on any atom is 0.307 e. The Balaban J connectivity index is 2.05. The molecule has 0 bridgehead atoms. The van der Waals surface area contributed by atoms with Gasteiger partial charge in [0.2, 0.25) is 5.91 Å². The fourth-order valence-corrected chi connectivity index (χ4v) is 4.22. The molecule has 1 amide bonds. The van der Waals surface area contributed by atoms with Gasteiger partial charge in [0.1, 0.15) is 0 Å². The average Bonchev–Trinajstić information content (AvgIpc) is 2.74. The summed E-state index contributed by atoms with van der Waals surface area (Å²) in [6.45, 7) is 0.616. The van der Waals surface area contributed by atoms with E-state index in [9.17, 15) is 18.0 Å². The fourth-order valence-electron chi connectivity index (χ4n) is 2.94. The van der Waals surface area contributed by atoms with E-state index in [0.717, 1.165) is 6.42 Å². The predicted molar refractivity (Wildman–Crippen MR) is 68.3 cm³/mol. The third-order valence-electron chi connectivity index (χ3n) is 4.02. The Morgan fingerprint density at radius 1 is 1.00 bits per heavy atom. The Labute approximate surface area is 112 Å². The summed E-state index contributed by atoms with van der Waals surface area (Å²) < 4.78 is 23.0. The van der Waals surface area contributed by atoms with Crippen LogP contribution in [0.3, 0.4) is 0 Å². The lowest BCUT2D eigenvalue weighted by Crippen LogP contribution is -2.40. The molecule has 0 spiro atoms. The lowest BCUT2D eigenvalue weighted by atomic mass is 9.94. The first-order valence-electron chi connectivity index (χ1n) is 6.63. The Bertz CT molecular complexity index is 473. The van der Waals surface area contributed by atoms with Crippen molar-refractivity contribution in [3.63, 3.8) is 0 Å². The Kier molecular flexibility index (Phi) is 4.13.